The third kappa shape index (κ3) is 5.87. The SMILES string of the molecule is Cc1cc(=O)oc2cc(Oc3nc(Nc4ccc(N=Cc5ccccc5Br)cc4)nc(N(C)C)n3)ccc12. The molecule has 5 aromatic rings. The molecular formula is C28H23BrN6O3. The molecule has 2 heterocycles. The number of hydrogen-bond donors (Lipinski definition) is 1. The molecule has 0 saturated heterocycles. The lowest BCUT2D eigenvalue weighted by atomic mass is 10.1. The molecule has 0 radical (unpaired) electrons. The quantitative estimate of drug-likeness (QED) is 0.177. The standard InChI is InChI=1S/C28H23BrN6O3/c1-17-14-25(36)38-24-15-21(12-13-22(17)24)37-28-33-26(32-27(34-28)35(2)3)31-20-10-8-19(9-11-20)30-16-18-6-4-5-7-23(18)29/h4-16H,1-3H3,(H,31,32,33,34). The summed E-state index contributed by atoms with van der Waals surface area (Å²) in [5, 5.41) is 4.02. The van der Waals surface area contributed by atoms with Crippen molar-refractivity contribution in [3.63, 3.8) is 0 Å². The molecule has 10 heteroatoms. The minimum absolute atomic E-state index is 0.0928. The highest BCUT2D eigenvalue weighted by molar-refractivity contribution is 9.10. The first-order valence-electron chi connectivity index (χ1n) is 11.7. The smallest absolute Gasteiger partial charge is 0.336 e. The summed E-state index contributed by atoms with van der Waals surface area (Å²) >= 11 is 3.53. The lowest BCUT2D eigenvalue weighted by Crippen LogP contribution is -2.15. The zero-order valence-electron chi connectivity index (χ0n) is 20.8. The summed E-state index contributed by atoms with van der Waals surface area (Å²) in [4.78, 5) is 31.3. The minimum atomic E-state index is -0.418. The van der Waals surface area contributed by atoms with E-state index in [1.165, 1.54) is 6.07 Å². The second kappa shape index (κ2) is 10.8. The number of aliphatic imine (C=N–C) groups is 1. The van der Waals surface area contributed by atoms with Crippen molar-refractivity contribution in [1.29, 1.82) is 0 Å². The van der Waals surface area contributed by atoms with Gasteiger partial charge in [0.25, 0.3) is 0 Å². The number of halogens is 1. The minimum Gasteiger partial charge on any atom is -0.424 e. The zero-order chi connectivity index (χ0) is 26.6. The van der Waals surface area contributed by atoms with Crippen LogP contribution in [0.5, 0.6) is 11.8 Å². The van der Waals surface area contributed by atoms with Crippen LogP contribution in [0.25, 0.3) is 11.0 Å². The Bertz CT molecular complexity index is 1700. The van der Waals surface area contributed by atoms with Gasteiger partial charge in [0.15, 0.2) is 0 Å². The Morgan fingerprint density at radius 3 is 2.55 bits per heavy atom. The van der Waals surface area contributed by atoms with Crippen molar-refractivity contribution in [1.82, 2.24) is 15.0 Å². The highest BCUT2D eigenvalue weighted by Gasteiger charge is 2.12. The zero-order valence-corrected chi connectivity index (χ0v) is 22.4. The van der Waals surface area contributed by atoms with Gasteiger partial charge in [0, 0.05) is 53.6 Å². The molecule has 0 atom stereocenters. The first-order valence-corrected chi connectivity index (χ1v) is 12.4. The third-order valence-electron chi connectivity index (χ3n) is 5.52. The van der Waals surface area contributed by atoms with E-state index in [-0.39, 0.29) is 6.01 Å². The number of nitrogens with zero attached hydrogens (tertiary/aromatic N) is 5. The molecule has 0 unspecified atom stereocenters. The summed E-state index contributed by atoms with van der Waals surface area (Å²) in [6, 6.07) is 22.2. The van der Waals surface area contributed by atoms with Crippen molar-refractivity contribution in [3.8, 4) is 11.8 Å². The molecule has 0 spiro atoms. The molecule has 0 aliphatic heterocycles. The molecule has 0 bridgehead atoms. The average Bonchev–Trinajstić information content (AvgIpc) is 2.88. The summed E-state index contributed by atoms with van der Waals surface area (Å²) in [5.41, 5.74) is 3.41. The van der Waals surface area contributed by atoms with E-state index in [1.807, 2.05) is 81.8 Å². The van der Waals surface area contributed by atoms with E-state index < -0.39 is 5.63 Å². The third-order valence-corrected chi connectivity index (χ3v) is 6.24. The normalized spacial score (nSPS) is 11.2. The molecule has 0 aliphatic rings. The number of ether oxygens (including phenoxy) is 1. The Labute approximate surface area is 227 Å². The Morgan fingerprint density at radius 2 is 1.79 bits per heavy atom. The second-order valence-corrected chi connectivity index (χ2v) is 9.45. The van der Waals surface area contributed by atoms with Crippen LogP contribution in [0.15, 0.2) is 91.5 Å². The van der Waals surface area contributed by atoms with Gasteiger partial charge in [-0.15, -0.1) is 0 Å². The van der Waals surface area contributed by atoms with Crippen molar-refractivity contribution in [2.75, 3.05) is 24.3 Å². The molecule has 0 fully saturated rings. The summed E-state index contributed by atoms with van der Waals surface area (Å²) in [6.07, 6.45) is 1.81. The number of benzene rings is 3. The predicted molar refractivity (Wildman–Crippen MR) is 153 cm³/mol. The second-order valence-electron chi connectivity index (χ2n) is 8.60. The van der Waals surface area contributed by atoms with Crippen LogP contribution in [-0.4, -0.2) is 35.3 Å². The van der Waals surface area contributed by atoms with Crippen LogP contribution in [0.4, 0.5) is 23.3 Å². The number of hydrogen-bond acceptors (Lipinski definition) is 9. The molecule has 38 heavy (non-hydrogen) atoms. The van der Waals surface area contributed by atoms with Crippen LogP contribution in [0.2, 0.25) is 0 Å². The Morgan fingerprint density at radius 1 is 1.00 bits per heavy atom. The Balaban J connectivity index is 1.36. The summed E-state index contributed by atoms with van der Waals surface area (Å²) in [5.74, 6) is 1.15. The van der Waals surface area contributed by atoms with E-state index in [1.54, 1.807) is 17.0 Å². The van der Waals surface area contributed by atoms with Crippen molar-refractivity contribution in [2.24, 2.45) is 4.99 Å². The first kappa shape index (κ1) is 25.1. The molecule has 1 N–H and O–H groups in total. The fourth-order valence-electron chi connectivity index (χ4n) is 3.61. The summed E-state index contributed by atoms with van der Waals surface area (Å²) in [7, 11) is 3.66. The maximum atomic E-state index is 11.8. The maximum absolute atomic E-state index is 11.8. The number of nitrogens with one attached hydrogen (secondary N) is 1. The topological polar surface area (TPSA) is 106 Å². The maximum Gasteiger partial charge on any atom is 0.336 e. The Hall–Kier alpha value is -4.57. The predicted octanol–water partition coefficient (Wildman–Crippen LogP) is 6.40. The fraction of sp³-hybridized carbons (Fsp3) is 0.107. The first-order chi connectivity index (χ1) is 18.3. The molecule has 3 aromatic carbocycles. The van der Waals surface area contributed by atoms with E-state index in [9.17, 15) is 4.79 Å². The summed E-state index contributed by atoms with van der Waals surface area (Å²) < 4.78 is 12.2. The van der Waals surface area contributed by atoms with Crippen LogP contribution in [0.3, 0.4) is 0 Å². The van der Waals surface area contributed by atoms with E-state index in [4.69, 9.17) is 9.15 Å². The number of aromatic nitrogens is 3. The fourth-order valence-corrected chi connectivity index (χ4v) is 3.99. The summed E-state index contributed by atoms with van der Waals surface area (Å²) in [6.45, 7) is 1.86. The van der Waals surface area contributed by atoms with Gasteiger partial charge >= 0.3 is 11.6 Å². The van der Waals surface area contributed by atoms with Gasteiger partial charge in [0.1, 0.15) is 11.3 Å². The molecule has 9 nitrogen and oxygen atoms in total. The molecule has 190 valence electrons. The van der Waals surface area contributed by atoms with Crippen LogP contribution in [0.1, 0.15) is 11.1 Å². The van der Waals surface area contributed by atoms with Crippen molar-refractivity contribution < 1.29 is 9.15 Å². The highest BCUT2D eigenvalue weighted by atomic mass is 79.9. The van der Waals surface area contributed by atoms with Gasteiger partial charge in [-0.05, 0) is 55.0 Å². The van der Waals surface area contributed by atoms with Crippen LogP contribution in [-0.2, 0) is 0 Å². The van der Waals surface area contributed by atoms with Crippen molar-refractivity contribution >= 4 is 56.4 Å². The molecule has 0 saturated carbocycles. The molecule has 0 amide bonds. The largest absolute Gasteiger partial charge is 0.424 e. The van der Waals surface area contributed by atoms with E-state index in [2.05, 4.69) is 41.2 Å². The van der Waals surface area contributed by atoms with Crippen molar-refractivity contribution in [2.45, 2.75) is 6.92 Å². The van der Waals surface area contributed by atoms with Gasteiger partial charge in [-0.25, -0.2) is 4.79 Å². The monoisotopic (exact) mass is 570 g/mol. The van der Waals surface area contributed by atoms with E-state index in [0.29, 0.717) is 23.2 Å². The van der Waals surface area contributed by atoms with Crippen LogP contribution >= 0.6 is 15.9 Å². The van der Waals surface area contributed by atoms with Gasteiger partial charge in [0.05, 0.1) is 5.69 Å². The highest BCUT2D eigenvalue weighted by Crippen LogP contribution is 2.27. The van der Waals surface area contributed by atoms with Gasteiger partial charge in [-0.3, -0.25) is 4.99 Å². The lowest BCUT2D eigenvalue weighted by molar-refractivity contribution is 0.439. The number of rotatable bonds is 7. The van der Waals surface area contributed by atoms with Crippen LogP contribution in [0, 0.1) is 6.92 Å². The van der Waals surface area contributed by atoms with Gasteiger partial charge < -0.3 is 19.4 Å². The molecule has 2 aromatic heterocycles. The van der Waals surface area contributed by atoms with Gasteiger partial charge in [0.2, 0.25) is 11.9 Å². The number of anilines is 3. The molecular weight excluding hydrogens is 548 g/mol. The van der Waals surface area contributed by atoms with Gasteiger partial charge in [-0.1, -0.05) is 34.1 Å². The average molecular weight is 571 g/mol. The number of fused-ring (bicyclic) bond motifs is 1. The van der Waals surface area contributed by atoms with E-state index in [0.717, 1.165) is 32.4 Å². The Kier molecular flexibility index (Phi) is 7.14. The van der Waals surface area contributed by atoms with E-state index >= 15 is 0 Å². The number of aryl methyl sites for hydroxylation is 1. The van der Waals surface area contributed by atoms with Crippen molar-refractivity contribution in [3.05, 3.63) is 98.8 Å². The lowest BCUT2D eigenvalue weighted by Gasteiger charge is -2.14. The van der Waals surface area contributed by atoms with Crippen LogP contribution < -0.4 is 20.6 Å². The molecule has 0 aliphatic carbocycles. The molecule has 5 rings (SSSR count). The van der Waals surface area contributed by atoms with Gasteiger partial charge in [-0.2, -0.15) is 15.0 Å².